The van der Waals surface area contributed by atoms with Crippen molar-refractivity contribution in [3.05, 3.63) is 42.1 Å². The van der Waals surface area contributed by atoms with Crippen LogP contribution in [0, 0.1) is 0 Å². The molecular formula is C13H9N3OS2. The Morgan fingerprint density at radius 3 is 3.00 bits per heavy atom. The second-order valence-corrected chi connectivity index (χ2v) is 5.53. The first-order chi connectivity index (χ1) is 9.25. The predicted molar refractivity (Wildman–Crippen MR) is 81.2 cm³/mol. The van der Waals surface area contributed by atoms with Crippen molar-refractivity contribution in [2.75, 3.05) is 5.75 Å². The molecule has 94 valence electrons. The standard InChI is InChI=1S/C13H9N3OS2/c17-12-8-19-13(18)16(12)15-7-9-5-6-14-11-4-2-1-3-10(9)11/h1-7H,8H2. The molecule has 1 aromatic heterocycles. The van der Waals surface area contributed by atoms with Crippen LogP contribution >= 0.6 is 24.0 Å². The van der Waals surface area contributed by atoms with Crippen molar-refractivity contribution >= 4 is 51.3 Å². The zero-order valence-corrected chi connectivity index (χ0v) is 11.4. The summed E-state index contributed by atoms with van der Waals surface area (Å²) in [6, 6.07) is 9.66. The molecule has 2 heterocycles. The average molecular weight is 287 g/mol. The maximum Gasteiger partial charge on any atom is 0.259 e. The minimum Gasteiger partial charge on any atom is -0.272 e. The summed E-state index contributed by atoms with van der Waals surface area (Å²) in [7, 11) is 0. The molecule has 2 aromatic rings. The number of thioether (sulfide) groups is 1. The number of para-hydroxylation sites is 1. The van der Waals surface area contributed by atoms with Crippen LogP contribution in [0.25, 0.3) is 10.9 Å². The van der Waals surface area contributed by atoms with Gasteiger partial charge in [-0.3, -0.25) is 9.78 Å². The van der Waals surface area contributed by atoms with Crippen LogP contribution in [-0.2, 0) is 4.79 Å². The summed E-state index contributed by atoms with van der Waals surface area (Å²) < 4.78 is 0.500. The van der Waals surface area contributed by atoms with Crippen LogP contribution in [0.4, 0.5) is 0 Å². The van der Waals surface area contributed by atoms with Crippen molar-refractivity contribution in [2.24, 2.45) is 5.10 Å². The summed E-state index contributed by atoms with van der Waals surface area (Å²) >= 11 is 6.40. The molecule has 0 aliphatic carbocycles. The number of thiocarbonyl (C=S) groups is 1. The SMILES string of the molecule is O=C1CSC(=S)N1N=Cc1ccnc2ccccc12. The average Bonchev–Trinajstić information content (AvgIpc) is 2.76. The number of pyridine rings is 1. The smallest absolute Gasteiger partial charge is 0.259 e. The first kappa shape index (κ1) is 12.3. The van der Waals surface area contributed by atoms with Crippen molar-refractivity contribution < 1.29 is 4.79 Å². The van der Waals surface area contributed by atoms with Gasteiger partial charge in [-0.25, -0.2) is 0 Å². The zero-order valence-electron chi connectivity index (χ0n) is 9.81. The van der Waals surface area contributed by atoms with Gasteiger partial charge in [-0.1, -0.05) is 42.2 Å². The zero-order chi connectivity index (χ0) is 13.2. The number of hydrogen-bond donors (Lipinski definition) is 0. The van der Waals surface area contributed by atoms with Crippen LogP contribution in [0.15, 0.2) is 41.6 Å². The lowest BCUT2D eigenvalue weighted by atomic mass is 10.1. The normalized spacial score (nSPS) is 15.9. The number of fused-ring (bicyclic) bond motifs is 1. The van der Waals surface area contributed by atoms with Crippen LogP contribution in [0.5, 0.6) is 0 Å². The fraction of sp³-hybridized carbons (Fsp3) is 0.0769. The van der Waals surface area contributed by atoms with Crippen molar-refractivity contribution in [2.45, 2.75) is 0 Å². The van der Waals surface area contributed by atoms with Gasteiger partial charge in [0, 0.05) is 17.1 Å². The Hall–Kier alpha value is -1.79. The number of amides is 1. The highest BCUT2D eigenvalue weighted by Crippen LogP contribution is 2.20. The highest BCUT2D eigenvalue weighted by atomic mass is 32.2. The molecule has 4 nitrogen and oxygen atoms in total. The molecule has 1 amide bonds. The Kier molecular flexibility index (Phi) is 3.27. The van der Waals surface area contributed by atoms with Gasteiger partial charge in [0.05, 0.1) is 17.5 Å². The van der Waals surface area contributed by atoms with E-state index in [1.54, 1.807) is 12.4 Å². The molecule has 1 aliphatic rings. The second-order valence-electron chi connectivity index (χ2n) is 3.92. The molecule has 0 atom stereocenters. The molecule has 6 heteroatoms. The lowest BCUT2D eigenvalue weighted by Gasteiger charge is -2.07. The Morgan fingerprint density at radius 1 is 1.37 bits per heavy atom. The molecule has 0 N–H and O–H groups in total. The van der Waals surface area contributed by atoms with Gasteiger partial charge in [0.25, 0.3) is 5.91 Å². The Morgan fingerprint density at radius 2 is 2.21 bits per heavy atom. The number of benzene rings is 1. The third-order valence-corrected chi connectivity index (χ3v) is 4.06. The van der Waals surface area contributed by atoms with Crippen molar-refractivity contribution in [3.8, 4) is 0 Å². The van der Waals surface area contributed by atoms with Gasteiger partial charge < -0.3 is 0 Å². The number of nitrogens with zero attached hydrogens (tertiary/aromatic N) is 3. The van der Waals surface area contributed by atoms with E-state index in [-0.39, 0.29) is 5.91 Å². The molecule has 0 unspecified atom stereocenters. The van der Waals surface area contributed by atoms with E-state index in [1.165, 1.54) is 16.8 Å². The second kappa shape index (κ2) is 5.07. The van der Waals surface area contributed by atoms with Gasteiger partial charge >= 0.3 is 0 Å². The van der Waals surface area contributed by atoms with E-state index in [0.29, 0.717) is 10.1 Å². The molecule has 0 bridgehead atoms. The van der Waals surface area contributed by atoms with Gasteiger partial charge in [-0.15, -0.1) is 0 Å². The maximum absolute atomic E-state index is 11.6. The topological polar surface area (TPSA) is 45.6 Å². The van der Waals surface area contributed by atoms with Crippen molar-refractivity contribution in [1.29, 1.82) is 0 Å². The summed E-state index contributed by atoms with van der Waals surface area (Å²) in [5.41, 5.74) is 1.81. The lowest BCUT2D eigenvalue weighted by molar-refractivity contribution is -0.123. The summed E-state index contributed by atoms with van der Waals surface area (Å²) in [5.74, 6) is 0.289. The number of hydrogen-bond acceptors (Lipinski definition) is 5. The number of rotatable bonds is 2. The van der Waals surface area contributed by atoms with Gasteiger partial charge in [0.2, 0.25) is 0 Å². The predicted octanol–water partition coefficient (Wildman–Crippen LogP) is 2.43. The van der Waals surface area contributed by atoms with E-state index in [9.17, 15) is 4.79 Å². The van der Waals surface area contributed by atoms with Crippen LogP contribution in [0.1, 0.15) is 5.56 Å². The number of hydrazone groups is 1. The third-order valence-electron chi connectivity index (χ3n) is 2.72. The van der Waals surface area contributed by atoms with Gasteiger partial charge in [-0.2, -0.15) is 10.1 Å². The summed E-state index contributed by atoms with van der Waals surface area (Å²) in [6.07, 6.45) is 3.38. The maximum atomic E-state index is 11.6. The van der Waals surface area contributed by atoms with Crippen LogP contribution < -0.4 is 0 Å². The third kappa shape index (κ3) is 2.36. The highest BCUT2D eigenvalue weighted by Gasteiger charge is 2.25. The van der Waals surface area contributed by atoms with Gasteiger partial charge in [0.15, 0.2) is 4.32 Å². The first-order valence-electron chi connectivity index (χ1n) is 5.63. The van der Waals surface area contributed by atoms with E-state index in [2.05, 4.69) is 10.1 Å². The molecule has 0 saturated carbocycles. The van der Waals surface area contributed by atoms with E-state index in [0.717, 1.165) is 16.5 Å². The summed E-state index contributed by atoms with van der Waals surface area (Å²) in [4.78, 5) is 15.8. The van der Waals surface area contributed by atoms with Gasteiger partial charge in [-0.05, 0) is 12.1 Å². The molecule has 1 saturated heterocycles. The molecule has 1 aliphatic heterocycles. The Balaban J connectivity index is 1.97. The summed E-state index contributed by atoms with van der Waals surface area (Å²) in [6.45, 7) is 0. The number of aromatic nitrogens is 1. The quantitative estimate of drug-likeness (QED) is 0.628. The number of carbonyl (C=O) groups excluding carboxylic acids is 1. The molecule has 19 heavy (non-hydrogen) atoms. The van der Waals surface area contributed by atoms with E-state index in [1.807, 2.05) is 30.3 Å². The van der Waals surface area contributed by atoms with Crippen LogP contribution in [-0.4, -0.2) is 32.2 Å². The van der Waals surface area contributed by atoms with Gasteiger partial charge in [0.1, 0.15) is 0 Å². The number of carbonyl (C=O) groups is 1. The van der Waals surface area contributed by atoms with Crippen LogP contribution in [0.3, 0.4) is 0 Å². The molecule has 3 rings (SSSR count). The summed E-state index contributed by atoms with van der Waals surface area (Å²) in [5, 5.41) is 6.45. The molecule has 1 fully saturated rings. The van der Waals surface area contributed by atoms with E-state index < -0.39 is 0 Å². The van der Waals surface area contributed by atoms with E-state index in [4.69, 9.17) is 12.2 Å². The van der Waals surface area contributed by atoms with Crippen molar-refractivity contribution in [3.63, 3.8) is 0 Å². The Bertz CT molecular complexity index is 678. The molecule has 1 aromatic carbocycles. The largest absolute Gasteiger partial charge is 0.272 e. The Labute approximate surface area is 119 Å². The fourth-order valence-electron chi connectivity index (χ4n) is 1.81. The van der Waals surface area contributed by atoms with E-state index >= 15 is 0 Å². The lowest BCUT2D eigenvalue weighted by Crippen LogP contribution is -2.22. The molecule has 0 spiro atoms. The fourth-order valence-corrected chi connectivity index (χ4v) is 2.78. The molecule has 0 radical (unpaired) electrons. The van der Waals surface area contributed by atoms with Crippen LogP contribution in [0.2, 0.25) is 0 Å². The monoisotopic (exact) mass is 287 g/mol. The minimum absolute atomic E-state index is 0.0791. The molecular weight excluding hydrogens is 278 g/mol. The van der Waals surface area contributed by atoms with Crippen molar-refractivity contribution in [1.82, 2.24) is 9.99 Å². The highest BCUT2D eigenvalue weighted by molar-refractivity contribution is 8.23. The first-order valence-corrected chi connectivity index (χ1v) is 7.02. The minimum atomic E-state index is -0.0791.